The number of nitrogens with zero attached hydrogens (tertiary/aromatic N) is 2. The Kier molecular flexibility index (Phi) is 1.41. The summed E-state index contributed by atoms with van der Waals surface area (Å²) in [6.07, 6.45) is 7.57. The lowest BCUT2D eigenvalue weighted by Gasteiger charge is -1.89. The maximum atomic E-state index is 4.76. The van der Waals surface area contributed by atoms with E-state index in [0.29, 0.717) is 5.82 Å². The van der Waals surface area contributed by atoms with E-state index in [1.165, 1.54) is 0 Å². The van der Waals surface area contributed by atoms with Crippen LogP contribution in [0.5, 0.6) is 0 Å². The van der Waals surface area contributed by atoms with E-state index in [4.69, 9.17) is 4.42 Å². The van der Waals surface area contributed by atoms with Gasteiger partial charge in [-0.05, 0) is 12.1 Å². The van der Waals surface area contributed by atoms with Gasteiger partial charge in [-0.15, -0.1) is 0 Å². The van der Waals surface area contributed by atoms with Crippen LogP contribution in [-0.4, -0.2) is 9.97 Å². The predicted octanol–water partition coefficient (Wildman–Crippen LogP) is 1.54. The highest BCUT2D eigenvalue weighted by molar-refractivity contribution is 5.50. The Hall–Kier alpha value is -1.64. The Morgan fingerprint density at radius 2 is 2.09 bits per heavy atom. The van der Waals surface area contributed by atoms with E-state index in [1.807, 2.05) is 0 Å². The molecule has 1 radical (unpaired) electrons. The first-order chi connectivity index (χ1) is 5.47. The molecule has 3 heteroatoms. The SMILES string of the molecule is [c]1occc1-c1ncccn1. The highest BCUT2D eigenvalue weighted by atomic mass is 16.3. The lowest BCUT2D eigenvalue weighted by molar-refractivity contribution is 0.559. The van der Waals surface area contributed by atoms with E-state index in [9.17, 15) is 0 Å². The van der Waals surface area contributed by atoms with Crippen LogP contribution >= 0.6 is 0 Å². The van der Waals surface area contributed by atoms with Gasteiger partial charge in [0.05, 0.1) is 11.8 Å². The smallest absolute Gasteiger partial charge is 0.180 e. The molecular formula is C8H5N2O. The zero-order chi connectivity index (χ0) is 7.52. The van der Waals surface area contributed by atoms with Gasteiger partial charge in [0, 0.05) is 12.4 Å². The van der Waals surface area contributed by atoms with Crippen LogP contribution in [0, 0.1) is 6.26 Å². The minimum absolute atomic E-state index is 0.640. The van der Waals surface area contributed by atoms with Crippen molar-refractivity contribution in [3.63, 3.8) is 0 Å². The molecule has 2 rings (SSSR count). The van der Waals surface area contributed by atoms with Crippen LogP contribution in [0.15, 0.2) is 35.2 Å². The van der Waals surface area contributed by atoms with Crippen LogP contribution in [0.3, 0.4) is 0 Å². The minimum atomic E-state index is 0.640. The molecule has 0 aliphatic carbocycles. The third kappa shape index (κ3) is 1.12. The second kappa shape index (κ2) is 2.54. The molecule has 0 unspecified atom stereocenters. The molecular weight excluding hydrogens is 140 g/mol. The summed E-state index contributed by atoms with van der Waals surface area (Å²) in [4.78, 5) is 8.04. The molecule has 0 atom stereocenters. The summed E-state index contributed by atoms with van der Waals surface area (Å²) in [6, 6.07) is 3.54. The first kappa shape index (κ1) is 6.09. The van der Waals surface area contributed by atoms with E-state index >= 15 is 0 Å². The summed E-state index contributed by atoms with van der Waals surface area (Å²) >= 11 is 0. The third-order valence-corrected chi connectivity index (χ3v) is 1.28. The van der Waals surface area contributed by atoms with Crippen LogP contribution < -0.4 is 0 Å². The fourth-order valence-electron chi connectivity index (χ4n) is 0.792. The molecule has 0 bridgehead atoms. The monoisotopic (exact) mass is 145 g/mol. The molecule has 53 valence electrons. The second-order valence-electron chi connectivity index (χ2n) is 2.01. The third-order valence-electron chi connectivity index (χ3n) is 1.28. The zero-order valence-electron chi connectivity index (χ0n) is 5.69. The van der Waals surface area contributed by atoms with Crippen molar-refractivity contribution in [1.29, 1.82) is 0 Å². The Morgan fingerprint density at radius 1 is 1.27 bits per heavy atom. The van der Waals surface area contributed by atoms with Crippen LogP contribution in [-0.2, 0) is 0 Å². The second-order valence-corrected chi connectivity index (χ2v) is 2.01. The normalized spacial score (nSPS) is 9.82. The summed E-state index contributed by atoms with van der Waals surface area (Å²) in [5, 5.41) is 0. The topological polar surface area (TPSA) is 38.9 Å². The van der Waals surface area contributed by atoms with Gasteiger partial charge in [0.2, 0.25) is 0 Å². The van der Waals surface area contributed by atoms with Crippen molar-refractivity contribution in [2.45, 2.75) is 0 Å². The Balaban J connectivity index is 2.46. The fraction of sp³-hybridized carbons (Fsp3) is 0. The highest BCUT2D eigenvalue weighted by Gasteiger charge is 1.99. The molecule has 3 nitrogen and oxygen atoms in total. The van der Waals surface area contributed by atoms with Gasteiger partial charge < -0.3 is 4.42 Å². The van der Waals surface area contributed by atoms with E-state index in [-0.39, 0.29) is 0 Å². The molecule has 0 aromatic carbocycles. The average molecular weight is 145 g/mol. The Bertz CT molecular complexity index is 315. The fourth-order valence-corrected chi connectivity index (χ4v) is 0.792. The molecule has 0 aliphatic heterocycles. The first-order valence-corrected chi connectivity index (χ1v) is 3.19. The highest BCUT2D eigenvalue weighted by Crippen LogP contribution is 2.11. The Labute approximate surface area is 63.7 Å². The summed E-state index contributed by atoms with van der Waals surface area (Å²) in [6.45, 7) is 0. The van der Waals surface area contributed by atoms with E-state index in [2.05, 4.69) is 16.2 Å². The van der Waals surface area contributed by atoms with Gasteiger partial charge >= 0.3 is 0 Å². The summed E-state index contributed by atoms with van der Waals surface area (Å²) in [7, 11) is 0. The van der Waals surface area contributed by atoms with Crippen LogP contribution in [0.2, 0.25) is 0 Å². The number of rotatable bonds is 1. The van der Waals surface area contributed by atoms with Gasteiger partial charge in [0.25, 0.3) is 0 Å². The van der Waals surface area contributed by atoms with Crippen molar-refractivity contribution in [3.8, 4) is 11.4 Å². The summed E-state index contributed by atoms with van der Waals surface area (Å²) in [5.74, 6) is 0.640. The maximum absolute atomic E-state index is 4.76. The van der Waals surface area contributed by atoms with Crippen LogP contribution in [0.1, 0.15) is 0 Å². The number of furan rings is 1. The molecule has 0 saturated heterocycles. The van der Waals surface area contributed by atoms with Crippen molar-refractivity contribution >= 4 is 0 Å². The van der Waals surface area contributed by atoms with Crippen molar-refractivity contribution in [1.82, 2.24) is 9.97 Å². The lowest BCUT2D eigenvalue weighted by atomic mass is 10.3. The number of aromatic nitrogens is 2. The molecule has 0 spiro atoms. The number of hydrogen-bond donors (Lipinski definition) is 0. The predicted molar refractivity (Wildman–Crippen MR) is 38.6 cm³/mol. The average Bonchev–Trinajstić information content (AvgIpc) is 2.58. The zero-order valence-corrected chi connectivity index (χ0v) is 5.69. The summed E-state index contributed by atoms with van der Waals surface area (Å²) in [5.41, 5.74) is 0.783. The van der Waals surface area contributed by atoms with Gasteiger partial charge in [-0.25, -0.2) is 9.97 Å². The molecule has 11 heavy (non-hydrogen) atoms. The molecule has 2 aromatic heterocycles. The minimum Gasteiger partial charge on any atom is -0.460 e. The first-order valence-electron chi connectivity index (χ1n) is 3.19. The largest absolute Gasteiger partial charge is 0.460 e. The molecule has 0 fully saturated rings. The van der Waals surface area contributed by atoms with Crippen LogP contribution in [0.4, 0.5) is 0 Å². The van der Waals surface area contributed by atoms with Crippen molar-refractivity contribution in [2.24, 2.45) is 0 Å². The molecule has 0 saturated carbocycles. The maximum Gasteiger partial charge on any atom is 0.180 e. The standard InChI is InChI=1S/C8H5N2O/c1-3-9-8(10-4-1)7-2-5-11-6-7/h1-5H. The van der Waals surface area contributed by atoms with Gasteiger partial charge in [0.15, 0.2) is 12.1 Å². The summed E-state index contributed by atoms with van der Waals surface area (Å²) < 4.78 is 4.76. The van der Waals surface area contributed by atoms with E-state index in [1.54, 1.807) is 30.8 Å². The van der Waals surface area contributed by atoms with E-state index in [0.717, 1.165) is 5.56 Å². The van der Waals surface area contributed by atoms with Gasteiger partial charge in [0.1, 0.15) is 0 Å². The quantitative estimate of drug-likeness (QED) is 0.610. The molecule has 2 aromatic rings. The lowest BCUT2D eigenvalue weighted by Crippen LogP contribution is -1.83. The number of hydrogen-bond acceptors (Lipinski definition) is 3. The van der Waals surface area contributed by atoms with Gasteiger partial charge in [-0.1, -0.05) is 0 Å². The van der Waals surface area contributed by atoms with Crippen molar-refractivity contribution < 1.29 is 4.42 Å². The van der Waals surface area contributed by atoms with Crippen molar-refractivity contribution in [2.75, 3.05) is 0 Å². The van der Waals surface area contributed by atoms with Crippen molar-refractivity contribution in [3.05, 3.63) is 37.1 Å². The molecule has 0 aliphatic rings. The Morgan fingerprint density at radius 3 is 2.73 bits per heavy atom. The van der Waals surface area contributed by atoms with E-state index < -0.39 is 0 Å². The van der Waals surface area contributed by atoms with Gasteiger partial charge in [-0.3, -0.25) is 0 Å². The van der Waals surface area contributed by atoms with Gasteiger partial charge in [-0.2, -0.15) is 0 Å². The molecule has 2 heterocycles. The molecule has 0 N–H and O–H groups in total. The van der Waals surface area contributed by atoms with Crippen LogP contribution in [0.25, 0.3) is 11.4 Å². The molecule has 0 amide bonds.